The molecule has 2 aromatic carbocycles. The first-order valence-corrected chi connectivity index (χ1v) is 9.52. The Morgan fingerprint density at radius 1 is 1.03 bits per heavy atom. The summed E-state index contributed by atoms with van der Waals surface area (Å²) in [5, 5.41) is 21.9. The van der Waals surface area contributed by atoms with Gasteiger partial charge in [0.05, 0.1) is 17.3 Å². The summed E-state index contributed by atoms with van der Waals surface area (Å²) in [5.74, 6) is -2.15. The number of nitrogens with zero attached hydrogens (tertiary/aromatic N) is 2. The molecule has 2 heterocycles. The van der Waals surface area contributed by atoms with Crippen LogP contribution in [0.3, 0.4) is 0 Å². The van der Waals surface area contributed by atoms with Crippen molar-refractivity contribution in [1.29, 1.82) is 0 Å². The van der Waals surface area contributed by atoms with Gasteiger partial charge in [-0.25, -0.2) is 0 Å². The summed E-state index contributed by atoms with van der Waals surface area (Å²) < 4.78 is 0. The van der Waals surface area contributed by atoms with E-state index in [1.54, 1.807) is 48.5 Å². The average molecular weight is 421 g/mol. The van der Waals surface area contributed by atoms with E-state index in [0.29, 0.717) is 16.1 Å². The van der Waals surface area contributed by atoms with Crippen LogP contribution in [0.4, 0.5) is 5.69 Å². The minimum absolute atomic E-state index is 0.0746. The minimum Gasteiger partial charge on any atom is -0.507 e. The van der Waals surface area contributed by atoms with Crippen molar-refractivity contribution < 1.29 is 19.8 Å². The number of aromatic nitrogens is 1. The molecule has 1 unspecified atom stereocenters. The lowest BCUT2D eigenvalue weighted by molar-refractivity contribution is -0.132. The fraction of sp³-hybridized carbons (Fsp3) is 0.0870. The number of rotatable bonds is 3. The lowest BCUT2D eigenvalue weighted by atomic mass is 9.95. The number of hydrogen-bond donors (Lipinski definition) is 2. The molecule has 1 fully saturated rings. The van der Waals surface area contributed by atoms with Gasteiger partial charge in [-0.05, 0) is 66.6 Å². The number of carbonyl (C=O) groups is 2. The maximum atomic E-state index is 13.0. The van der Waals surface area contributed by atoms with Crippen LogP contribution < -0.4 is 4.90 Å². The number of ketones is 1. The lowest BCUT2D eigenvalue weighted by Gasteiger charge is -2.26. The van der Waals surface area contributed by atoms with Gasteiger partial charge < -0.3 is 10.2 Å². The summed E-state index contributed by atoms with van der Waals surface area (Å²) in [5.41, 5.74) is 1.84. The fourth-order valence-electron chi connectivity index (χ4n) is 3.53. The first kappa shape index (κ1) is 19.7. The molecule has 1 aliphatic heterocycles. The first-order valence-electron chi connectivity index (χ1n) is 9.15. The van der Waals surface area contributed by atoms with Crippen molar-refractivity contribution in [2.75, 3.05) is 4.90 Å². The number of pyridine rings is 1. The van der Waals surface area contributed by atoms with Gasteiger partial charge in [-0.1, -0.05) is 17.7 Å². The summed E-state index contributed by atoms with van der Waals surface area (Å²) >= 11 is 5.93. The van der Waals surface area contributed by atoms with Crippen molar-refractivity contribution in [2.45, 2.75) is 13.0 Å². The molecule has 1 amide bonds. The number of hydrogen-bond acceptors (Lipinski definition) is 5. The van der Waals surface area contributed by atoms with Gasteiger partial charge in [-0.2, -0.15) is 0 Å². The van der Waals surface area contributed by atoms with Crippen LogP contribution in [0.5, 0.6) is 5.75 Å². The summed E-state index contributed by atoms with van der Waals surface area (Å²) in [6.45, 7) is 1.81. The van der Waals surface area contributed by atoms with E-state index in [0.717, 1.165) is 5.56 Å². The van der Waals surface area contributed by atoms with Crippen molar-refractivity contribution in [2.24, 2.45) is 0 Å². The summed E-state index contributed by atoms with van der Waals surface area (Å²) in [6, 6.07) is 13.5. The number of anilines is 1. The van der Waals surface area contributed by atoms with Crippen molar-refractivity contribution in [3.05, 3.63) is 94.3 Å². The van der Waals surface area contributed by atoms with Crippen LogP contribution in [-0.2, 0) is 9.59 Å². The van der Waals surface area contributed by atoms with Gasteiger partial charge in [0.1, 0.15) is 11.5 Å². The third-order valence-electron chi connectivity index (χ3n) is 4.97. The van der Waals surface area contributed by atoms with Gasteiger partial charge in [0.25, 0.3) is 11.7 Å². The van der Waals surface area contributed by atoms with E-state index in [4.69, 9.17) is 11.6 Å². The van der Waals surface area contributed by atoms with E-state index >= 15 is 0 Å². The number of aliphatic hydroxyl groups is 1. The standard InChI is InChI=1S/C23H17ClN2O4/c1-13-2-7-18(27)17(12-13)26-20(14-8-10-25-11-9-14)19(22(29)23(26)30)21(28)15-3-5-16(24)6-4-15/h2-12,20,27-28H,1H3/b21-19+. The fourth-order valence-corrected chi connectivity index (χ4v) is 3.66. The average Bonchev–Trinajstić information content (AvgIpc) is 3.01. The molecule has 1 atom stereocenters. The van der Waals surface area contributed by atoms with E-state index in [9.17, 15) is 19.8 Å². The van der Waals surface area contributed by atoms with Gasteiger partial charge in [-0.15, -0.1) is 0 Å². The van der Waals surface area contributed by atoms with Crippen LogP contribution in [0.1, 0.15) is 22.7 Å². The van der Waals surface area contributed by atoms with Crippen LogP contribution in [0.2, 0.25) is 5.02 Å². The minimum atomic E-state index is -0.934. The van der Waals surface area contributed by atoms with Crippen molar-refractivity contribution >= 4 is 34.7 Å². The van der Waals surface area contributed by atoms with Crippen LogP contribution in [0, 0.1) is 6.92 Å². The van der Waals surface area contributed by atoms with Crippen LogP contribution >= 0.6 is 11.6 Å². The molecule has 1 aromatic heterocycles. The second-order valence-corrected chi connectivity index (χ2v) is 7.39. The number of Topliss-reactive ketones (excluding diaryl/α,β-unsaturated/α-hetero) is 1. The van der Waals surface area contributed by atoms with E-state index in [1.807, 2.05) is 6.92 Å². The Morgan fingerprint density at radius 3 is 2.37 bits per heavy atom. The highest BCUT2D eigenvalue weighted by atomic mass is 35.5. The second kappa shape index (κ2) is 7.65. The summed E-state index contributed by atoms with van der Waals surface area (Å²) in [7, 11) is 0. The monoisotopic (exact) mass is 420 g/mol. The maximum Gasteiger partial charge on any atom is 0.300 e. The Bertz CT molecular complexity index is 1170. The van der Waals surface area contributed by atoms with Crippen LogP contribution in [0.25, 0.3) is 5.76 Å². The predicted octanol–water partition coefficient (Wildman–Crippen LogP) is 4.38. The molecule has 2 N–H and O–H groups in total. The zero-order valence-electron chi connectivity index (χ0n) is 15.9. The maximum absolute atomic E-state index is 13.0. The molecule has 0 radical (unpaired) electrons. The molecule has 0 aliphatic carbocycles. The molecule has 7 heteroatoms. The van der Waals surface area contributed by atoms with E-state index in [1.165, 1.54) is 23.4 Å². The molecule has 30 heavy (non-hydrogen) atoms. The molecule has 1 saturated heterocycles. The number of halogens is 1. The third kappa shape index (κ3) is 3.31. The zero-order chi connectivity index (χ0) is 21.4. The topological polar surface area (TPSA) is 90.7 Å². The quantitative estimate of drug-likeness (QED) is 0.373. The number of amides is 1. The molecule has 6 nitrogen and oxygen atoms in total. The van der Waals surface area contributed by atoms with Gasteiger partial charge in [0.15, 0.2) is 0 Å². The molecule has 0 bridgehead atoms. The van der Waals surface area contributed by atoms with Crippen molar-refractivity contribution in [1.82, 2.24) is 4.98 Å². The highest BCUT2D eigenvalue weighted by molar-refractivity contribution is 6.52. The third-order valence-corrected chi connectivity index (χ3v) is 5.23. The number of benzene rings is 2. The Kier molecular flexibility index (Phi) is 5.01. The van der Waals surface area contributed by atoms with Gasteiger partial charge in [-0.3, -0.25) is 19.5 Å². The zero-order valence-corrected chi connectivity index (χ0v) is 16.7. The van der Waals surface area contributed by atoms with Gasteiger partial charge in [0.2, 0.25) is 0 Å². The van der Waals surface area contributed by atoms with Gasteiger partial charge in [0, 0.05) is 23.0 Å². The number of aromatic hydroxyl groups is 1. The normalized spacial score (nSPS) is 18.1. The van der Waals surface area contributed by atoms with Crippen LogP contribution in [-0.4, -0.2) is 26.9 Å². The second-order valence-electron chi connectivity index (χ2n) is 6.95. The highest BCUT2D eigenvalue weighted by Crippen LogP contribution is 2.44. The largest absolute Gasteiger partial charge is 0.507 e. The Morgan fingerprint density at radius 2 is 1.70 bits per heavy atom. The number of carbonyl (C=O) groups excluding carboxylic acids is 2. The smallest absolute Gasteiger partial charge is 0.300 e. The molecule has 4 rings (SSSR count). The Labute approximate surface area is 177 Å². The van der Waals surface area contributed by atoms with Crippen molar-refractivity contribution in [3.63, 3.8) is 0 Å². The highest BCUT2D eigenvalue weighted by Gasteiger charge is 2.47. The SMILES string of the molecule is Cc1ccc(O)c(N2C(=O)C(=O)/C(=C(/O)c3ccc(Cl)cc3)C2c2ccncc2)c1. The number of aliphatic hydroxyl groups excluding tert-OH is 1. The number of phenolic OH excluding ortho intramolecular Hbond substituents is 1. The summed E-state index contributed by atoms with van der Waals surface area (Å²) in [4.78, 5) is 31.3. The molecule has 150 valence electrons. The van der Waals surface area contributed by atoms with E-state index in [-0.39, 0.29) is 22.8 Å². The van der Waals surface area contributed by atoms with E-state index in [2.05, 4.69) is 4.98 Å². The van der Waals surface area contributed by atoms with Gasteiger partial charge >= 0.3 is 0 Å². The van der Waals surface area contributed by atoms with E-state index < -0.39 is 17.7 Å². The van der Waals surface area contributed by atoms with Crippen molar-refractivity contribution in [3.8, 4) is 5.75 Å². The first-order chi connectivity index (χ1) is 14.4. The Balaban J connectivity index is 1.97. The predicted molar refractivity (Wildman–Crippen MR) is 113 cm³/mol. The molecular formula is C23H17ClN2O4. The number of phenols is 1. The molecule has 1 aliphatic rings. The number of aryl methyl sites for hydroxylation is 1. The summed E-state index contributed by atoms with van der Waals surface area (Å²) in [6.07, 6.45) is 3.07. The molecule has 3 aromatic rings. The van der Waals surface area contributed by atoms with Crippen LogP contribution in [0.15, 0.2) is 72.6 Å². The molecule has 0 spiro atoms. The molecular weight excluding hydrogens is 404 g/mol. The lowest BCUT2D eigenvalue weighted by Crippen LogP contribution is -2.29. The molecule has 0 saturated carbocycles. The Hall–Kier alpha value is -3.64.